The van der Waals surface area contributed by atoms with Gasteiger partial charge in [0.15, 0.2) is 0 Å². The number of para-hydroxylation sites is 2. The summed E-state index contributed by atoms with van der Waals surface area (Å²) in [5, 5.41) is 12.7. The van der Waals surface area contributed by atoms with E-state index >= 15 is 0 Å². The van der Waals surface area contributed by atoms with Crippen LogP contribution in [-0.2, 0) is 6.54 Å². The Balaban J connectivity index is 1.72. The van der Waals surface area contributed by atoms with E-state index in [4.69, 9.17) is 11.6 Å². The summed E-state index contributed by atoms with van der Waals surface area (Å²) < 4.78 is 0. The van der Waals surface area contributed by atoms with Crippen LogP contribution in [0.15, 0.2) is 65.5 Å². The highest BCUT2D eigenvalue weighted by Gasteiger charge is 2.10. The standard InChI is InChI=1S/C18H15ClN4O2/c19-13-7-5-12(6-8-13)11-20-14-3-1-2-4-15(14)21-18(25)16-9-10-17(24)23-22-16/h1-10,20H,11H2,(H,21,25)(H,23,24). The second-order valence-electron chi connectivity index (χ2n) is 5.29. The molecule has 0 aliphatic carbocycles. The molecule has 7 heteroatoms. The third-order valence-electron chi connectivity index (χ3n) is 3.48. The number of hydrogen-bond donors (Lipinski definition) is 3. The van der Waals surface area contributed by atoms with Crippen molar-refractivity contribution >= 4 is 28.9 Å². The van der Waals surface area contributed by atoms with Gasteiger partial charge in [0.1, 0.15) is 5.69 Å². The van der Waals surface area contributed by atoms with Gasteiger partial charge in [-0.05, 0) is 35.9 Å². The normalized spacial score (nSPS) is 10.3. The van der Waals surface area contributed by atoms with E-state index in [9.17, 15) is 9.59 Å². The van der Waals surface area contributed by atoms with Crippen molar-refractivity contribution in [2.24, 2.45) is 0 Å². The molecule has 126 valence electrons. The van der Waals surface area contributed by atoms with E-state index in [1.807, 2.05) is 42.5 Å². The van der Waals surface area contributed by atoms with Gasteiger partial charge in [0.2, 0.25) is 0 Å². The van der Waals surface area contributed by atoms with Crippen LogP contribution in [0.5, 0.6) is 0 Å². The zero-order valence-electron chi connectivity index (χ0n) is 13.1. The number of aromatic amines is 1. The fourth-order valence-corrected chi connectivity index (χ4v) is 2.33. The zero-order valence-corrected chi connectivity index (χ0v) is 13.9. The molecule has 0 fully saturated rings. The Kier molecular flexibility index (Phi) is 5.11. The minimum Gasteiger partial charge on any atom is -0.379 e. The lowest BCUT2D eigenvalue weighted by Crippen LogP contribution is -2.18. The monoisotopic (exact) mass is 354 g/mol. The molecule has 0 atom stereocenters. The summed E-state index contributed by atoms with van der Waals surface area (Å²) in [5.41, 5.74) is 2.23. The maximum atomic E-state index is 12.3. The molecule has 1 aromatic heterocycles. The molecule has 1 heterocycles. The minimum atomic E-state index is -0.406. The first-order valence-corrected chi connectivity index (χ1v) is 7.94. The summed E-state index contributed by atoms with van der Waals surface area (Å²) in [5.74, 6) is -0.406. The molecule has 25 heavy (non-hydrogen) atoms. The Bertz CT molecular complexity index is 918. The van der Waals surface area contributed by atoms with E-state index in [0.717, 1.165) is 11.3 Å². The maximum Gasteiger partial charge on any atom is 0.276 e. The Hall–Kier alpha value is -3.12. The van der Waals surface area contributed by atoms with Crippen LogP contribution in [0.25, 0.3) is 0 Å². The average molecular weight is 355 g/mol. The molecular formula is C18H15ClN4O2. The number of H-pyrrole nitrogens is 1. The quantitative estimate of drug-likeness (QED) is 0.656. The smallest absolute Gasteiger partial charge is 0.276 e. The number of nitrogens with zero attached hydrogens (tertiary/aromatic N) is 1. The fourth-order valence-electron chi connectivity index (χ4n) is 2.20. The van der Waals surface area contributed by atoms with Gasteiger partial charge in [-0.1, -0.05) is 35.9 Å². The lowest BCUT2D eigenvalue weighted by molar-refractivity contribution is 0.102. The van der Waals surface area contributed by atoms with Crippen molar-refractivity contribution in [2.75, 3.05) is 10.6 Å². The van der Waals surface area contributed by atoms with Gasteiger partial charge >= 0.3 is 0 Å². The zero-order chi connectivity index (χ0) is 17.6. The SMILES string of the molecule is O=C(Nc1ccccc1NCc1ccc(Cl)cc1)c1ccc(=O)[nH]n1. The molecule has 3 N–H and O–H groups in total. The van der Waals surface area contributed by atoms with Gasteiger partial charge in [-0.2, -0.15) is 5.10 Å². The highest BCUT2D eigenvalue weighted by atomic mass is 35.5. The molecule has 1 amide bonds. The number of carbonyl (C=O) groups excluding carboxylic acids is 1. The van der Waals surface area contributed by atoms with Crippen molar-refractivity contribution in [3.8, 4) is 0 Å². The highest BCUT2D eigenvalue weighted by molar-refractivity contribution is 6.30. The van der Waals surface area contributed by atoms with Gasteiger partial charge in [-0.25, -0.2) is 5.10 Å². The Labute approximate surface area is 148 Å². The highest BCUT2D eigenvalue weighted by Crippen LogP contribution is 2.22. The number of benzene rings is 2. The van der Waals surface area contributed by atoms with E-state index in [0.29, 0.717) is 17.3 Å². The fraction of sp³-hybridized carbons (Fsp3) is 0.0556. The van der Waals surface area contributed by atoms with E-state index in [-0.39, 0.29) is 11.3 Å². The summed E-state index contributed by atoms with van der Waals surface area (Å²) in [6.07, 6.45) is 0. The number of carbonyl (C=O) groups is 1. The Morgan fingerprint density at radius 2 is 1.72 bits per heavy atom. The third-order valence-corrected chi connectivity index (χ3v) is 3.74. The van der Waals surface area contributed by atoms with Crippen molar-refractivity contribution in [3.63, 3.8) is 0 Å². The number of hydrogen-bond acceptors (Lipinski definition) is 4. The summed E-state index contributed by atoms with van der Waals surface area (Å²) in [4.78, 5) is 23.3. The van der Waals surface area contributed by atoms with Crippen LogP contribution in [0.4, 0.5) is 11.4 Å². The molecule has 0 radical (unpaired) electrons. The van der Waals surface area contributed by atoms with E-state index in [1.54, 1.807) is 6.07 Å². The molecule has 3 rings (SSSR count). The number of amides is 1. The lowest BCUT2D eigenvalue weighted by atomic mass is 10.2. The largest absolute Gasteiger partial charge is 0.379 e. The molecular weight excluding hydrogens is 340 g/mol. The van der Waals surface area contributed by atoms with Gasteiger partial charge in [0, 0.05) is 17.6 Å². The average Bonchev–Trinajstić information content (AvgIpc) is 2.63. The molecule has 0 aliphatic rings. The lowest BCUT2D eigenvalue weighted by Gasteiger charge is -2.13. The van der Waals surface area contributed by atoms with Crippen molar-refractivity contribution in [1.82, 2.24) is 10.2 Å². The topological polar surface area (TPSA) is 86.9 Å². The van der Waals surface area contributed by atoms with Crippen molar-refractivity contribution in [2.45, 2.75) is 6.54 Å². The number of nitrogens with one attached hydrogen (secondary N) is 3. The summed E-state index contributed by atoms with van der Waals surface area (Å²) >= 11 is 5.88. The van der Waals surface area contributed by atoms with Gasteiger partial charge in [-0.15, -0.1) is 0 Å². The molecule has 0 saturated heterocycles. The Morgan fingerprint density at radius 1 is 1.00 bits per heavy atom. The molecule has 0 aliphatic heterocycles. The molecule has 3 aromatic rings. The minimum absolute atomic E-state index is 0.132. The van der Waals surface area contributed by atoms with E-state index < -0.39 is 5.91 Å². The third kappa shape index (κ3) is 4.45. The van der Waals surface area contributed by atoms with Gasteiger partial charge in [0.05, 0.1) is 11.4 Å². The number of halogens is 1. The molecule has 0 spiro atoms. The van der Waals surface area contributed by atoms with Gasteiger partial charge in [0.25, 0.3) is 11.5 Å². The van der Waals surface area contributed by atoms with Crippen LogP contribution < -0.4 is 16.2 Å². The van der Waals surface area contributed by atoms with Crippen LogP contribution in [0.2, 0.25) is 5.02 Å². The predicted molar refractivity (Wildman–Crippen MR) is 98.0 cm³/mol. The second kappa shape index (κ2) is 7.63. The van der Waals surface area contributed by atoms with Crippen molar-refractivity contribution in [1.29, 1.82) is 0 Å². The summed E-state index contributed by atoms with van der Waals surface area (Å²) in [6, 6.07) is 17.5. The molecule has 0 unspecified atom stereocenters. The summed E-state index contributed by atoms with van der Waals surface area (Å²) in [7, 11) is 0. The first-order valence-electron chi connectivity index (χ1n) is 7.56. The van der Waals surface area contributed by atoms with Crippen LogP contribution in [0.1, 0.15) is 16.1 Å². The van der Waals surface area contributed by atoms with E-state index in [1.165, 1.54) is 12.1 Å². The maximum absolute atomic E-state index is 12.3. The molecule has 2 aromatic carbocycles. The van der Waals surface area contributed by atoms with Crippen molar-refractivity contribution in [3.05, 3.63) is 87.3 Å². The number of rotatable bonds is 5. The molecule has 0 saturated carbocycles. The van der Waals surface area contributed by atoms with Crippen LogP contribution >= 0.6 is 11.6 Å². The van der Waals surface area contributed by atoms with Crippen LogP contribution in [0, 0.1) is 0 Å². The van der Waals surface area contributed by atoms with E-state index in [2.05, 4.69) is 20.8 Å². The Morgan fingerprint density at radius 3 is 2.40 bits per heavy atom. The number of aromatic nitrogens is 2. The van der Waals surface area contributed by atoms with Crippen molar-refractivity contribution < 1.29 is 4.79 Å². The summed E-state index contributed by atoms with van der Waals surface area (Å²) in [6.45, 7) is 0.584. The predicted octanol–water partition coefficient (Wildman–Crippen LogP) is 3.29. The van der Waals surface area contributed by atoms with Gasteiger partial charge < -0.3 is 10.6 Å². The second-order valence-corrected chi connectivity index (χ2v) is 5.72. The van der Waals surface area contributed by atoms with Crippen LogP contribution in [0.3, 0.4) is 0 Å². The molecule has 0 bridgehead atoms. The van der Waals surface area contributed by atoms with Crippen LogP contribution in [-0.4, -0.2) is 16.1 Å². The number of anilines is 2. The van der Waals surface area contributed by atoms with Gasteiger partial charge in [-0.3, -0.25) is 9.59 Å². The first-order chi connectivity index (χ1) is 12.1. The molecule has 6 nitrogen and oxygen atoms in total. The first kappa shape index (κ1) is 16.7.